The van der Waals surface area contributed by atoms with Gasteiger partial charge in [0.2, 0.25) is 5.56 Å². The Labute approximate surface area is 119 Å². The number of carbonyl (C=O) groups excluding carboxylic acids is 1. The molecule has 1 aromatic rings. The first-order valence-electron chi connectivity index (χ1n) is 7.19. The molecule has 2 rings (SSSR count). The van der Waals surface area contributed by atoms with Crippen LogP contribution in [0.4, 0.5) is 0 Å². The minimum absolute atomic E-state index is 0.106. The molecular weight excluding hydrogens is 254 g/mol. The Kier molecular flexibility index (Phi) is 4.60. The van der Waals surface area contributed by atoms with Crippen LogP contribution in [0, 0.1) is 0 Å². The van der Waals surface area contributed by atoms with Gasteiger partial charge in [-0.3, -0.25) is 9.59 Å². The van der Waals surface area contributed by atoms with E-state index in [0.717, 1.165) is 25.9 Å². The van der Waals surface area contributed by atoms with E-state index < -0.39 is 0 Å². The van der Waals surface area contributed by atoms with Gasteiger partial charge in [-0.2, -0.15) is 0 Å². The van der Waals surface area contributed by atoms with Gasteiger partial charge in [-0.15, -0.1) is 0 Å². The number of piperidine rings is 1. The Hall–Kier alpha value is -1.62. The molecule has 1 aliphatic rings. The number of likely N-dealkylation sites (tertiary alicyclic amines) is 1. The average molecular weight is 277 g/mol. The van der Waals surface area contributed by atoms with Crippen LogP contribution in [0.15, 0.2) is 23.0 Å². The van der Waals surface area contributed by atoms with Crippen molar-refractivity contribution in [2.45, 2.75) is 38.8 Å². The highest BCUT2D eigenvalue weighted by molar-refractivity contribution is 5.92. The smallest absolute Gasteiger partial charge is 0.270 e. The maximum Gasteiger partial charge on any atom is 0.270 e. The molecule has 0 saturated carbocycles. The van der Waals surface area contributed by atoms with Gasteiger partial charge < -0.3 is 14.8 Å². The fraction of sp³-hybridized carbons (Fsp3) is 0.600. The molecular formula is C15H23N3O2. The first-order valence-corrected chi connectivity index (χ1v) is 7.19. The van der Waals surface area contributed by atoms with Crippen LogP contribution in [-0.4, -0.2) is 52.9 Å². The van der Waals surface area contributed by atoms with Crippen molar-refractivity contribution >= 4 is 5.91 Å². The van der Waals surface area contributed by atoms with Gasteiger partial charge in [0.25, 0.3) is 5.91 Å². The molecule has 110 valence electrons. The fourth-order valence-corrected chi connectivity index (χ4v) is 2.72. The molecule has 20 heavy (non-hydrogen) atoms. The number of nitrogens with zero attached hydrogens (tertiary/aromatic N) is 2. The second kappa shape index (κ2) is 6.22. The van der Waals surface area contributed by atoms with E-state index in [9.17, 15) is 9.59 Å². The van der Waals surface area contributed by atoms with Crippen LogP contribution in [-0.2, 0) is 0 Å². The zero-order valence-corrected chi connectivity index (χ0v) is 12.4. The van der Waals surface area contributed by atoms with Crippen molar-refractivity contribution in [2.24, 2.45) is 0 Å². The quantitative estimate of drug-likeness (QED) is 0.906. The molecule has 2 heterocycles. The molecule has 0 radical (unpaired) electrons. The highest BCUT2D eigenvalue weighted by atomic mass is 16.2. The van der Waals surface area contributed by atoms with Gasteiger partial charge in [0.15, 0.2) is 0 Å². The Bertz CT molecular complexity index is 516. The van der Waals surface area contributed by atoms with E-state index in [1.54, 1.807) is 17.0 Å². The topological polar surface area (TPSA) is 56.4 Å². The highest BCUT2D eigenvalue weighted by Crippen LogP contribution is 2.18. The largest absolute Gasteiger partial charge is 0.337 e. The number of rotatable bonds is 3. The lowest BCUT2D eigenvalue weighted by molar-refractivity contribution is 0.0609. The monoisotopic (exact) mass is 277 g/mol. The standard InChI is InChI=1S/C15H23N3O2/c1-11(2)18-9-7-12(8-10-18)17(3)15(20)13-5-4-6-14(19)16-13/h4-6,11-12H,7-10H2,1-3H3,(H,16,19). The highest BCUT2D eigenvalue weighted by Gasteiger charge is 2.27. The first kappa shape index (κ1) is 14.8. The number of aromatic nitrogens is 1. The van der Waals surface area contributed by atoms with Crippen LogP contribution >= 0.6 is 0 Å². The van der Waals surface area contributed by atoms with Gasteiger partial charge >= 0.3 is 0 Å². The van der Waals surface area contributed by atoms with Crippen molar-refractivity contribution in [3.05, 3.63) is 34.2 Å². The van der Waals surface area contributed by atoms with E-state index >= 15 is 0 Å². The summed E-state index contributed by atoms with van der Waals surface area (Å²) in [7, 11) is 1.82. The van der Waals surface area contributed by atoms with Gasteiger partial charge in [-0.1, -0.05) is 6.07 Å². The Balaban J connectivity index is 2.00. The average Bonchev–Trinajstić information content (AvgIpc) is 2.46. The summed E-state index contributed by atoms with van der Waals surface area (Å²) in [6.07, 6.45) is 1.97. The zero-order valence-electron chi connectivity index (χ0n) is 12.4. The summed E-state index contributed by atoms with van der Waals surface area (Å²) in [6, 6.07) is 5.49. The molecule has 1 fully saturated rings. The number of H-pyrrole nitrogens is 1. The molecule has 1 N–H and O–H groups in total. The SMILES string of the molecule is CC(C)N1CCC(N(C)C(=O)c2cccc(=O)[nH]2)CC1. The Morgan fingerprint density at radius 1 is 1.35 bits per heavy atom. The molecule has 0 aliphatic carbocycles. The van der Waals surface area contributed by atoms with Gasteiger partial charge in [-0.25, -0.2) is 0 Å². The van der Waals surface area contributed by atoms with E-state index in [1.807, 2.05) is 7.05 Å². The third-order valence-electron chi connectivity index (χ3n) is 4.10. The molecule has 0 aromatic carbocycles. The number of hydrogen-bond donors (Lipinski definition) is 1. The van der Waals surface area contributed by atoms with Crippen molar-refractivity contribution in [2.75, 3.05) is 20.1 Å². The maximum atomic E-state index is 12.4. The molecule has 0 atom stereocenters. The third-order valence-corrected chi connectivity index (χ3v) is 4.10. The molecule has 1 aromatic heterocycles. The van der Waals surface area contributed by atoms with Gasteiger partial charge in [-0.05, 0) is 32.8 Å². The van der Waals surface area contributed by atoms with Crippen molar-refractivity contribution in [1.82, 2.24) is 14.8 Å². The molecule has 1 amide bonds. The Morgan fingerprint density at radius 2 is 2.00 bits per heavy atom. The number of nitrogens with one attached hydrogen (secondary N) is 1. The summed E-state index contributed by atoms with van der Waals surface area (Å²) < 4.78 is 0. The predicted octanol–water partition coefficient (Wildman–Crippen LogP) is 1.32. The van der Waals surface area contributed by atoms with Crippen molar-refractivity contribution in [1.29, 1.82) is 0 Å². The molecule has 1 saturated heterocycles. The summed E-state index contributed by atoms with van der Waals surface area (Å²) in [6.45, 7) is 6.43. The van der Waals surface area contributed by atoms with Crippen LogP contribution in [0.5, 0.6) is 0 Å². The minimum atomic E-state index is -0.237. The van der Waals surface area contributed by atoms with E-state index in [0.29, 0.717) is 11.7 Å². The minimum Gasteiger partial charge on any atom is -0.337 e. The van der Waals surface area contributed by atoms with Crippen molar-refractivity contribution < 1.29 is 4.79 Å². The second-order valence-corrected chi connectivity index (χ2v) is 5.71. The van der Waals surface area contributed by atoms with Crippen LogP contribution in [0.1, 0.15) is 37.2 Å². The predicted molar refractivity (Wildman–Crippen MR) is 78.9 cm³/mol. The second-order valence-electron chi connectivity index (χ2n) is 5.71. The molecule has 0 spiro atoms. The number of aromatic amines is 1. The molecule has 1 aliphatic heterocycles. The number of pyridine rings is 1. The molecule has 0 unspecified atom stereocenters. The van der Waals surface area contributed by atoms with Crippen molar-refractivity contribution in [3.8, 4) is 0 Å². The van der Waals surface area contributed by atoms with Crippen LogP contribution in [0.25, 0.3) is 0 Å². The van der Waals surface area contributed by atoms with Crippen molar-refractivity contribution in [3.63, 3.8) is 0 Å². The lowest BCUT2D eigenvalue weighted by atomic mass is 10.0. The molecule has 0 bridgehead atoms. The fourth-order valence-electron chi connectivity index (χ4n) is 2.72. The first-order chi connectivity index (χ1) is 9.49. The van der Waals surface area contributed by atoms with E-state index in [4.69, 9.17) is 0 Å². The summed E-state index contributed by atoms with van der Waals surface area (Å²) in [5.41, 5.74) is 0.130. The van der Waals surface area contributed by atoms with E-state index in [-0.39, 0.29) is 17.5 Å². The van der Waals surface area contributed by atoms with E-state index in [1.165, 1.54) is 6.07 Å². The van der Waals surface area contributed by atoms with Crippen LogP contribution in [0.3, 0.4) is 0 Å². The molecule has 5 nitrogen and oxygen atoms in total. The number of carbonyl (C=O) groups is 1. The summed E-state index contributed by atoms with van der Waals surface area (Å²) in [4.78, 5) is 30.4. The molecule has 5 heteroatoms. The summed E-state index contributed by atoms with van der Waals surface area (Å²) >= 11 is 0. The number of hydrogen-bond acceptors (Lipinski definition) is 3. The van der Waals surface area contributed by atoms with Crippen LogP contribution < -0.4 is 5.56 Å². The van der Waals surface area contributed by atoms with Gasteiger partial charge in [0.1, 0.15) is 5.69 Å². The lowest BCUT2D eigenvalue weighted by Crippen LogP contribution is -2.47. The van der Waals surface area contributed by atoms with E-state index in [2.05, 4.69) is 23.7 Å². The zero-order chi connectivity index (χ0) is 14.7. The third kappa shape index (κ3) is 3.28. The summed E-state index contributed by atoms with van der Waals surface area (Å²) in [5.74, 6) is -0.106. The number of amides is 1. The Morgan fingerprint density at radius 3 is 2.55 bits per heavy atom. The normalized spacial score (nSPS) is 17.4. The lowest BCUT2D eigenvalue weighted by Gasteiger charge is -2.38. The van der Waals surface area contributed by atoms with Gasteiger partial charge in [0, 0.05) is 38.3 Å². The van der Waals surface area contributed by atoms with Crippen LogP contribution in [0.2, 0.25) is 0 Å². The maximum absolute atomic E-state index is 12.4. The summed E-state index contributed by atoms with van der Waals surface area (Å²) in [5, 5.41) is 0. The van der Waals surface area contributed by atoms with Gasteiger partial charge in [0.05, 0.1) is 0 Å².